The second-order valence-corrected chi connectivity index (χ2v) is 4.87. The van der Waals surface area contributed by atoms with E-state index in [1.807, 2.05) is 5.32 Å². The Morgan fingerprint density at radius 2 is 1.79 bits per heavy atom. The van der Waals surface area contributed by atoms with Gasteiger partial charge >= 0.3 is 6.18 Å². The van der Waals surface area contributed by atoms with Crippen molar-refractivity contribution in [2.45, 2.75) is 17.5 Å². The number of carbonyl (C=O) groups is 2. The quantitative estimate of drug-likeness (QED) is 0.640. The van der Waals surface area contributed by atoms with Crippen LogP contribution < -0.4 is 5.32 Å². The summed E-state index contributed by atoms with van der Waals surface area (Å²) in [5.41, 5.74) is -1.43. The summed E-state index contributed by atoms with van der Waals surface area (Å²) in [4.78, 5) is 22.8. The number of carbonyl (C=O) groups excluding carboxylic acids is 2. The molecule has 102 valence electrons. The largest absolute Gasteiger partial charge is 0.416 e. The van der Waals surface area contributed by atoms with Crippen LogP contribution >= 0.6 is 23.2 Å². The molecule has 1 fully saturated rings. The van der Waals surface area contributed by atoms with Crippen molar-refractivity contribution in [3.05, 3.63) is 34.3 Å². The number of hydrogen-bond donors (Lipinski definition) is 1. The fraction of sp³-hybridized carbons (Fsp3) is 0.273. The van der Waals surface area contributed by atoms with Crippen molar-refractivity contribution in [3.8, 4) is 0 Å². The van der Waals surface area contributed by atoms with Gasteiger partial charge in [-0.1, -0.05) is 17.7 Å². The summed E-state index contributed by atoms with van der Waals surface area (Å²) in [6, 6.07) is 2.98. The lowest BCUT2D eigenvalue weighted by molar-refractivity contribution is -0.138. The molecule has 1 N–H and O–H groups in total. The summed E-state index contributed by atoms with van der Waals surface area (Å²) in [5.74, 6) is -3.03. The minimum atomic E-state index is -4.69. The molecule has 2 unspecified atom stereocenters. The molecule has 2 rings (SSSR count). The highest BCUT2D eigenvalue weighted by atomic mass is 35.5. The highest BCUT2D eigenvalue weighted by molar-refractivity contribution is 6.37. The fourth-order valence-electron chi connectivity index (χ4n) is 1.90. The molecule has 0 aliphatic carbocycles. The molecule has 0 aromatic heterocycles. The lowest BCUT2D eigenvalue weighted by atomic mass is 9.92. The van der Waals surface area contributed by atoms with Gasteiger partial charge in [-0.05, 0) is 17.7 Å². The number of imide groups is 1. The van der Waals surface area contributed by atoms with Crippen LogP contribution in [0.15, 0.2) is 18.2 Å². The Morgan fingerprint density at radius 3 is 2.26 bits per heavy atom. The van der Waals surface area contributed by atoms with Gasteiger partial charge in [-0.2, -0.15) is 13.2 Å². The maximum atomic E-state index is 12.9. The van der Waals surface area contributed by atoms with Crippen LogP contribution in [-0.4, -0.2) is 17.2 Å². The molecule has 1 aliphatic heterocycles. The minimum absolute atomic E-state index is 0.119. The standard InChI is InChI=1S/C11H6Cl2F3NO2/c12-4-1-2-5(6(3-4)11(14,15)16)7-8(13)10(19)17-9(7)18/h1-3,7-8H,(H,17,18,19). The molecule has 19 heavy (non-hydrogen) atoms. The zero-order chi connectivity index (χ0) is 14.4. The van der Waals surface area contributed by atoms with Crippen LogP contribution in [0.2, 0.25) is 5.02 Å². The molecule has 1 aromatic carbocycles. The second-order valence-electron chi connectivity index (χ2n) is 3.96. The zero-order valence-electron chi connectivity index (χ0n) is 9.09. The van der Waals surface area contributed by atoms with Gasteiger partial charge in [0.15, 0.2) is 0 Å². The SMILES string of the molecule is O=C1NC(=O)C(c2ccc(Cl)cc2C(F)(F)F)C1Cl. The van der Waals surface area contributed by atoms with Crippen molar-refractivity contribution in [1.29, 1.82) is 0 Å². The van der Waals surface area contributed by atoms with Crippen molar-refractivity contribution in [1.82, 2.24) is 5.32 Å². The summed E-state index contributed by atoms with van der Waals surface area (Å²) in [6.45, 7) is 0. The van der Waals surface area contributed by atoms with Crippen molar-refractivity contribution in [3.63, 3.8) is 0 Å². The van der Waals surface area contributed by atoms with Crippen LogP contribution in [0.3, 0.4) is 0 Å². The van der Waals surface area contributed by atoms with E-state index in [1.165, 1.54) is 6.07 Å². The van der Waals surface area contributed by atoms with Gasteiger partial charge in [0.25, 0.3) is 0 Å². The van der Waals surface area contributed by atoms with E-state index in [4.69, 9.17) is 23.2 Å². The van der Waals surface area contributed by atoms with E-state index in [0.717, 1.165) is 6.07 Å². The third-order valence-electron chi connectivity index (χ3n) is 2.73. The molecule has 0 saturated carbocycles. The normalized spacial score (nSPS) is 23.6. The monoisotopic (exact) mass is 311 g/mol. The third-order valence-corrected chi connectivity index (χ3v) is 3.41. The Hall–Kier alpha value is -1.27. The van der Waals surface area contributed by atoms with Gasteiger partial charge in [0.2, 0.25) is 11.8 Å². The number of hydrogen-bond acceptors (Lipinski definition) is 2. The molecule has 1 heterocycles. The van der Waals surface area contributed by atoms with Crippen molar-refractivity contribution in [2.75, 3.05) is 0 Å². The molecular formula is C11H6Cl2F3NO2. The number of amides is 2. The number of nitrogens with one attached hydrogen (secondary N) is 1. The molecule has 3 nitrogen and oxygen atoms in total. The van der Waals surface area contributed by atoms with E-state index in [9.17, 15) is 22.8 Å². The molecule has 8 heteroatoms. The molecular weight excluding hydrogens is 306 g/mol. The molecule has 0 radical (unpaired) electrons. The van der Waals surface area contributed by atoms with E-state index in [0.29, 0.717) is 6.07 Å². The van der Waals surface area contributed by atoms with Gasteiger partial charge in [0.05, 0.1) is 11.5 Å². The first kappa shape index (κ1) is 14.1. The Balaban J connectivity index is 2.57. The first-order chi connectivity index (χ1) is 8.71. The van der Waals surface area contributed by atoms with Crippen LogP contribution in [0.25, 0.3) is 0 Å². The summed E-state index contributed by atoms with van der Waals surface area (Å²) < 4.78 is 38.7. The predicted octanol–water partition coefficient (Wildman–Crippen LogP) is 2.71. The maximum Gasteiger partial charge on any atom is 0.416 e. The average molecular weight is 312 g/mol. The van der Waals surface area contributed by atoms with Crippen molar-refractivity contribution < 1.29 is 22.8 Å². The lowest BCUT2D eigenvalue weighted by Crippen LogP contribution is -2.22. The number of rotatable bonds is 1. The molecule has 1 aliphatic rings. The Kier molecular flexibility index (Phi) is 3.49. The summed E-state index contributed by atoms with van der Waals surface area (Å²) in [5, 5.41) is 0.414. The highest BCUT2D eigenvalue weighted by Gasteiger charge is 2.45. The van der Waals surface area contributed by atoms with E-state index in [2.05, 4.69) is 0 Å². The molecule has 2 atom stereocenters. The van der Waals surface area contributed by atoms with E-state index in [1.54, 1.807) is 0 Å². The van der Waals surface area contributed by atoms with Gasteiger partial charge in [-0.15, -0.1) is 11.6 Å². The molecule has 2 amide bonds. The molecule has 1 aromatic rings. The zero-order valence-corrected chi connectivity index (χ0v) is 10.6. The minimum Gasteiger partial charge on any atom is -0.295 e. The lowest BCUT2D eigenvalue weighted by Gasteiger charge is -2.17. The maximum absolute atomic E-state index is 12.9. The summed E-state index contributed by atoms with van der Waals surface area (Å²) in [7, 11) is 0. The Labute approximate surface area is 115 Å². The fourth-order valence-corrected chi connectivity index (χ4v) is 2.37. The van der Waals surface area contributed by atoms with Crippen LogP contribution in [0.5, 0.6) is 0 Å². The second kappa shape index (κ2) is 4.68. The third kappa shape index (κ3) is 2.55. The summed E-state index contributed by atoms with van der Waals surface area (Å²) in [6.07, 6.45) is -4.69. The summed E-state index contributed by atoms with van der Waals surface area (Å²) >= 11 is 11.2. The predicted molar refractivity (Wildman–Crippen MR) is 62.0 cm³/mol. The van der Waals surface area contributed by atoms with E-state index in [-0.39, 0.29) is 10.6 Å². The Bertz CT molecular complexity index is 559. The topological polar surface area (TPSA) is 46.2 Å². The van der Waals surface area contributed by atoms with Crippen LogP contribution in [0.4, 0.5) is 13.2 Å². The van der Waals surface area contributed by atoms with Gasteiger partial charge in [-0.3, -0.25) is 14.9 Å². The van der Waals surface area contributed by atoms with Crippen LogP contribution in [0.1, 0.15) is 17.0 Å². The van der Waals surface area contributed by atoms with Crippen molar-refractivity contribution >= 4 is 35.0 Å². The van der Waals surface area contributed by atoms with E-state index >= 15 is 0 Å². The van der Waals surface area contributed by atoms with Gasteiger partial charge < -0.3 is 0 Å². The first-order valence-corrected chi connectivity index (χ1v) is 5.88. The van der Waals surface area contributed by atoms with Gasteiger partial charge in [0, 0.05) is 5.02 Å². The van der Waals surface area contributed by atoms with Gasteiger partial charge in [-0.25, -0.2) is 0 Å². The number of halogens is 5. The van der Waals surface area contributed by atoms with E-state index < -0.39 is 34.8 Å². The molecule has 1 saturated heterocycles. The molecule has 0 bridgehead atoms. The number of alkyl halides is 4. The van der Waals surface area contributed by atoms with Crippen molar-refractivity contribution in [2.24, 2.45) is 0 Å². The smallest absolute Gasteiger partial charge is 0.295 e. The van der Waals surface area contributed by atoms with Crippen LogP contribution in [-0.2, 0) is 15.8 Å². The van der Waals surface area contributed by atoms with Gasteiger partial charge in [0.1, 0.15) is 5.38 Å². The average Bonchev–Trinajstić information content (AvgIpc) is 2.53. The molecule has 0 spiro atoms. The van der Waals surface area contributed by atoms with Crippen LogP contribution in [0, 0.1) is 0 Å². The number of benzene rings is 1. The first-order valence-electron chi connectivity index (χ1n) is 5.07. The highest BCUT2D eigenvalue weighted by Crippen LogP contribution is 2.40. The Morgan fingerprint density at radius 1 is 1.16 bits per heavy atom.